The molecule has 0 N–H and O–H groups in total. The fraction of sp³-hybridized carbons (Fsp3) is 0. The number of hydrogen-bond acceptors (Lipinski definition) is 3. The van der Waals surface area contributed by atoms with E-state index in [1.165, 1.54) is 53.2 Å². The number of hydrogen-bond donors (Lipinski definition) is 0. The lowest BCUT2D eigenvalue weighted by Gasteiger charge is -2.29. The Labute approximate surface area is 322 Å². The number of fused-ring (bicyclic) bond motifs is 7. The maximum absolute atomic E-state index is 6.26. The van der Waals surface area contributed by atoms with Crippen molar-refractivity contribution in [3.63, 3.8) is 0 Å². The van der Waals surface area contributed by atoms with E-state index in [2.05, 4.69) is 193 Å². The van der Waals surface area contributed by atoms with Gasteiger partial charge in [-0.2, -0.15) is 0 Å². The van der Waals surface area contributed by atoms with Gasteiger partial charge in [-0.25, -0.2) is 0 Å². The first-order valence-electron chi connectivity index (χ1n) is 18.7. The summed E-state index contributed by atoms with van der Waals surface area (Å²) in [6.45, 7) is 0. The monoisotopic (exact) mass is 719 g/mol. The third-order valence-corrected chi connectivity index (χ3v) is 12.1. The minimum Gasteiger partial charge on any atom is -0.456 e. The van der Waals surface area contributed by atoms with Gasteiger partial charge in [0.05, 0.1) is 5.69 Å². The van der Waals surface area contributed by atoms with Gasteiger partial charge >= 0.3 is 0 Å². The van der Waals surface area contributed by atoms with E-state index >= 15 is 0 Å². The third-order valence-electron chi connectivity index (χ3n) is 10.9. The molecule has 0 spiro atoms. The molecule has 0 atom stereocenters. The SMILES string of the molecule is c1cc(-c2cccc3c2sc2ccccc23)cc(N(c2ccc(-c3cccc4oc5ccccc5c34)cc2)c2ccccc2-c2cccc3ccccc23)c1. The minimum atomic E-state index is 0.902. The van der Waals surface area contributed by atoms with Crippen molar-refractivity contribution in [1.82, 2.24) is 0 Å². The Balaban J connectivity index is 1.10. The van der Waals surface area contributed by atoms with Crippen molar-refractivity contribution >= 4 is 81.3 Å². The Morgan fingerprint density at radius 3 is 1.95 bits per heavy atom. The third kappa shape index (κ3) is 5.24. The summed E-state index contributed by atoms with van der Waals surface area (Å²) in [6, 6.07) is 72.2. The number of nitrogens with zero attached hydrogens (tertiary/aromatic N) is 1. The molecule has 0 radical (unpaired) electrons. The van der Waals surface area contributed by atoms with Crippen LogP contribution in [0.2, 0.25) is 0 Å². The van der Waals surface area contributed by atoms with E-state index in [0.717, 1.165) is 50.1 Å². The lowest BCUT2D eigenvalue weighted by Crippen LogP contribution is -2.11. The minimum absolute atomic E-state index is 0.902. The van der Waals surface area contributed by atoms with Crippen LogP contribution in [0.15, 0.2) is 205 Å². The van der Waals surface area contributed by atoms with E-state index < -0.39 is 0 Å². The number of furan rings is 1. The fourth-order valence-corrected chi connectivity index (χ4v) is 9.61. The van der Waals surface area contributed by atoms with Crippen LogP contribution in [0.25, 0.3) is 86.3 Å². The molecule has 258 valence electrons. The second kappa shape index (κ2) is 12.9. The molecule has 0 aliphatic rings. The molecule has 0 amide bonds. The van der Waals surface area contributed by atoms with Crippen molar-refractivity contribution in [2.45, 2.75) is 0 Å². The maximum Gasteiger partial charge on any atom is 0.136 e. The number of rotatable bonds is 6. The van der Waals surface area contributed by atoms with Crippen LogP contribution in [-0.4, -0.2) is 0 Å². The zero-order valence-electron chi connectivity index (χ0n) is 29.8. The van der Waals surface area contributed by atoms with Gasteiger partial charge in [-0.15, -0.1) is 11.3 Å². The van der Waals surface area contributed by atoms with Crippen LogP contribution in [0.5, 0.6) is 0 Å². The summed E-state index contributed by atoms with van der Waals surface area (Å²) >= 11 is 1.87. The van der Waals surface area contributed by atoms with Gasteiger partial charge in [-0.1, -0.05) is 152 Å². The molecule has 3 heteroatoms. The summed E-state index contributed by atoms with van der Waals surface area (Å²) in [7, 11) is 0. The number of anilines is 3. The predicted octanol–water partition coefficient (Wildman–Crippen LogP) is 15.6. The molecule has 0 saturated heterocycles. The summed E-state index contributed by atoms with van der Waals surface area (Å²) < 4.78 is 8.89. The normalized spacial score (nSPS) is 11.6. The van der Waals surface area contributed by atoms with Crippen molar-refractivity contribution in [2.75, 3.05) is 4.90 Å². The van der Waals surface area contributed by atoms with Gasteiger partial charge in [-0.05, 0) is 87.1 Å². The molecule has 0 aliphatic carbocycles. The Morgan fingerprint density at radius 2 is 1.02 bits per heavy atom. The highest BCUT2D eigenvalue weighted by molar-refractivity contribution is 7.26. The van der Waals surface area contributed by atoms with Crippen molar-refractivity contribution in [1.29, 1.82) is 0 Å². The molecule has 0 bridgehead atoms. The molecule has 0 fully saturated rings. The largest absolute Gasteiger partial charge is 0.456 e. The molecule has 9 aromatic carbocycles. The highest BCUT2D eigenvalue weighted by Gasteiger charge is 2.20. The Morgan fingerprint density at radius 1 is 0.382 bits per heavy atom. The van der Waals surface area contributed by atoms with Crippen LogP contribution in [0, 0.1) is 0 Å². The molecule has 11 aromatic rings. The van der Waals surface area contributed by atoms with Gasteiger partial charge < -0.3 is 9.32 Å². The van der Waals surface area contributed by atoms with Gasteiger partial charge in [0.2, 0.25) is 0 Å². The standard InChI is InChI=1S/C52H33NOS/c1-2-17-39-34(13-1)14-10-23-42(39)43-18-3-6-25-47(43)53(37-31-29-35(30-32-37)40-21-12-27-49-51(40)46-20-4-7-26-48(46)54-49)38-16-9-15-36(33-38)41-22-11-24-45-44-19-5-8-28-50(44)55-52(41)45/h1-33H. The van der Waals surface area contributed by atoms with Crippen molar-refractivity contribution < 1.29 is 4.42 Å². The average Bonchev–Trinajstić information content (AvgIpc) is 3.83. The lowest BCUT2D eigenvalue weighted by molar-refractivity contribution is 0.669. The second-order valence-corrected chi connectivity index (χ2v) is 15.1. The zero-order valence-corrected chi connectivity index (χ0v) is 30.6. The van der Waals surface area contributed by atoms with Gasteiger partial charge in [-0.3, -0.25) is 0 Å². The second-order valence-electron chi connectivity index (χ2n) is 14.0. The summed E-state index contributed by atoms with van der Waals surface area (Å²) in [5.74, 6) is 0. The highest BCUT2D eigenvalue weighted by atomic mass is 32.1. The quantitative estimate of drug-likeness (QED) is 0.170. The summed E-state index contributed by atoms with van der Waals surface area (Å²) in [4.78, 5) is 2.42. The van der Waals surface area contributed by atoms with Crippen molar-refractivity contribution in [3.05, 3.63) is 200 Å². The van der Waals surface area contributed by atoms with Crippen molar-refractivity contribution in [3.8, 4) is 33.4 Å². The van der Waals surface area contributed by atoms with Crippen LogP contribution in [0.3, 0.4) is 0 Å². The van der Waals surface area contributed by atoms with E-state index in [1.54, 1.807) is 0 Å². The smallest absolute Gasteiger partial charge is 0.136 e. The Kier molecular flexibility index (Phi) is 7.39. The van der Waals surface area contributed by atoms with E-state index in [1.807, 2.05) is 23.5 Å². The van der Waals surface area contributed by atoms with E-state index in [-0.39, 0.29) is 0 Å². The Bertz CT molecular complexity index is 3220. The molecular formula is C52H33NOS. The van der Waals surface area contributed by atoms with Crippen molar-refractivity contribution in [2.24, 2.45) is 0 Å². The first-order chi connectivity index (χ1) is 27.3. The van der Waals surface area contributed by atoms with Gasteiger partial charge in [0, 0.05) is 47.9 Å². The molecule has 55 heavy (non-hydrogen) atoms. The summed E-state index contributed by atoms with van der Waals surface area (Å²) in [5.41, 5.74) is 12.2. The topological polar surface area (TPSA) is 16.4 Å². The zero-order chi connectivity index (χ0) is 36.3. The van der Waals surface area contributed by atoms with Crippen LogP contribution in [0.4, 0.5) is 17.1 Å². The number of benzene rings is 9. The summed E-state index contributed by atoms with van der Waals surface area (Å²) in [6.07, 6.45) is 0. The molecular weight excluding hydrogens is 687 g/mol. The van der Waals surface area contributed by atoms with E-state index in [9.17, 15) is 0 Å². The average molecular weight is 720 g/mol. The van der Waals surface area contributed by atoms with Gasteiger partial charge in [0.15, 0.2) is 0 Å². The van der Waals surface area contributed by atoms with Crippen LogP contribution in [0.1, 0.15) is 0 Å². The van der Waals surface area contributed by atoms with Crippen LogP contribution >= 0.6 is 11.3 Å². The highest BCUT2D eigenvalue weighted by Crippen LogP contribution is 2.46. The predicted molar refractivity (Wildman–Crippen MR) is 235 cm³/mol. The van der Waals surface area contributed by atoms with Gasteiger partial charge in [0.25, 0.3) is 0 Å². The van der Waals surface area contributed by atoms with E-state index in [0.29, 0.717) is 0 Å². The summed E-state index contributed by atoms with van der Waals surface area (Å²) in [5, 5.41) is 7.35. The molecule has 2 nitrogen and oxygen atoms in total. The Hall–Kier alpha value is -6.94. The van der Waals surface area contributed by atoms with E-state index in [4.69, 9.17) is 4.42 Å². The van der Waals surface area contributed by atoms with Gasteiger partial charge in [0.1, 0.15) is 11.2 Å². The van der Waals surface area contributed by atoms with Crippen LogP contribution in [-0.2, 0) is 0 Å². The number of para-hydroxylation sites is 2. The molecule has 2 heterocycles. The van der Waals surface area contributed by atoms with Crippen LogP contribution < -0.4 is 4.90 Å². The molecule has 2 aromatic heterocycles. The molecule has 0 unspecified atom stereocenters. The first-order valence-corrected chi connectivity index (χ1v) is 19.5. The first kappa shape index (κ1) is 31.6. The number of thiophene rings is 1. The molecule has 11 rings (SSSR count). The molecule has 0 saturated carbocycles. The molecule has 0 aliphatic heterocycles. The fourth-order valence-electron chi connectivity index (χ4n) is 8.38. The lowest BCUT2D eigenvalue weighted by atomic mass is 9.95. The maximum atomic E-state index is 6.26.